The van der Waals surface area contributed by atoms with Gasteiger partial charge >= 0.3 is 11.9 Å². The highest BCUT2D eigenvalue weighted by atomic mass is 16.5. The lowest BCUT2D eigenvalue weighted by Crippen LogP contribution is -2.45. The number of rotatable bonds is 9. The predicted molar refractivity (Wildman–Crippen MR) is 84.1 cm³/mol. The van der Waals surface area contributed by atoms with Crippen LogP contribution in [0.3, 0.4) is 0 Å². The molecule has 8 heteroatoms. The highest BCUT2D eigenvalue weighted by Gasteiger charge is 2.19. The van der Waals surface area contributed by atoms with E-state index in [1.807, 2.05) is 0 Å². The molecule has 0 fully saturated rings. The molecule has 2 amide bonds. The van der Waals surface area contributed by atoms with Gasteiger partial charge in [0.1, 0.15) is 6.04 Å². The van der Waals surface area contributed by atoms with Crippen molar-refractivity contribution in [2.75, 3.05) is 6.61 Å². The van der Waals surface area contributed by atoms with Crippen molar-refractivity contribution in [3.63, 3.8) is 0 Å². The molecule has 0 aliphatic heterocycles. The molecule has 0 saturated heterocycles. The molecular formula is C16H20N2O6. The van der Waals surface area contributed by atoms with Crippen molar-refractivity contribution in [2.24, 2.45) is 5.73 Å². The standard InChI is InChI=1S/C16H20N2O6/c1-2-24-14(20)8-7-13(19)18-12(15(17)21)9-10-3-5-11(6-4-10)16(22)23/h3-6,12H,2,7-9H2,1H3,(H2,17,21)(H,18,19)(H,22,23)/t12-/m1/s1. The van der Waals surface area contributed by atoms with Gasteiger partial charge in [-0.05, 0) is 24.6 Å². The molecule has 0 spiro atoms. The van der Waals surface area contributed by atoms with Gasteiger partial charge in [0, 0.05) is 12.8 Å². The Morgan fingerprint density at radius 1 is 1.17 bits per heavy atom. The SMILES string of the molecule is CCOC(=O)CCC(=O)N[C@H](Cc1ccc(C(=O)O)cc1)C(N)=O. The van der Waals surface area contributed by atoms with E-state index in [0.29, 0.717) is 5.56 Å². The van der Waals surface area contributed by atoms with E-state index in [0.717, 1.165) is 0 Å². The molecule has 1 aromatic rings. The first-order valence-electron chi connectivity index (χ1n) is 7.40. The Kier molecular flexibility index (Phi) is 7.41. The van der Waals surface area contributed by atoms with Gasteiger partial charge in [0.25, 0.3) is 0 Å². The maximum atomic E-state index is 11.8. The lowest BCUT2D eigenvalue weighted by atomic mass is 10.0. The first kappa shape index (κ1) is 19.1. The summed E-state index contributed by atoms with van der Waals surface area (Å²) in [7, 11) is 0. The van der Waals surface area contributed by atoms with Crippen molar-refractivity contribution in [2.45, 2.75) is 32.2 Å². The fraction of sp³-hybridized carbons (Fsp3) is 0.375. The zero-order chi connectivity index (χ0) is 18.1. The van der Waals surface area contributed by atoms with Gasteiger partial charge in [-0.2, -0.15) is 0 Å². The lowest BCUT2D eigenvalue weighted by molar-refractivity contribution is -0.144. The van der Waals surface area contributed by atoms with Crippen LogP contribution in [0.25, 0.3) is 0 Å². The van der Waals surface area contributed by atoms with Crippen molar-refractivity contribution in [1.82, 2.24) is 5.32 Å². The number of esters is 1. The van der Waals surface area contributed by atoms with Gasteiger partial charge < -0.3 is 20.9 Å². The molecule has 0 saturated carbocycles. The van der Waals surface area contributed by atoms with E-state index < -0.39 is 29.8 Å². The molecule has 8 nitrogen and oxygen atoms in total. The van der Waals surface area contributed by atoms with Gasteiger partial charge in [-0.1, -0.05) is 12.1 Å². The summed E-state index contributed by atoms with van der Waals surface area (Å²) in [5.74, 6) is -2.76. The predicted octanol–water partition coefficient (Wildman–Crippen LogP) is 0.241. The molecule has 0 aliphatic rings. The molecule has 0 bridgehead atoms. The summed E-state index contributed by atoms with van der Waals surface area (Å²) in [5, 5.41) is 11.3. The van der Waals surface area contributed by atoms with Gasteiger partial charge in [0.05, 0.1) is 18.6 Å². The molecule has 1 aromatic carbocycles. The molecule has 1 atom stereocenters. The van der Waals surface area contributed by atoms with E-state index in [-0.39, 0.29) is 31.4 Å². The van der Waals surface area contributed by atoms with E-state index in [9.17, 15) is 19.2 Å². The number of carboxylic acid groups (broad SMARTS) is 1. The lowest BCUT2D eigenvalue weighted by Gasteiger charge is -2.15. The van der Waals surface area contributed by atoms with E-state index >= 15 is 0 Å². The summed E-state index contributed by atoms with van der Waals surface area (Å²) >= 11 is 0. The minimum absolute atomic E-state index is 0.0849. The maximum Gasteiger partial charge on any atom is 0.335 e. The fourth-order valence-corrected chi connectivity index (χ4v) is 1.96. The fourth-order valence-electron chi connectivity index (χ4n) is 1.96. The largest absolute Gasteiger partial charge is 0.478 e. The van der Waals surface area contributed by atoms with Crippen molar-refractivity contribution in [3.05, 3.63) is 35.4 Å². The van der Waals surface area contributed by atoms with Gasteiger partial charge in [-0.3, -0.25) is 14.4 Å². The average molecular weight is 336 g/mol. The smallest absolute Gasteiger partial charge is 0.335 e. The number of hydrogen-bond donors (Lipinski definition) is 3. The normalized spacial score (nSPS) is 11.4. The number of carbonyl (C=O) groups is 4. The quantitative estimate of drug-likeness (QED) is 0.553. The van der Waals surface area contributed by atoms with E-state index in [2.05, 4.69) is 5.32 Å². The number of nitrogens with two attached hydrogens (primary N) is 1. The van der Waals surface area contributed by atoms with Crippen LogP contribution in [0, 0.1) is 0 Å². The topological polar surface area (TPSA) is 136 Å². The molecule has 1 rings (SSSR count). The Labute approximate surface area is 139 Å². The molecule has 0 radical (unpaired) electrons. The molecule has 24 heavy (non-hydrogen) atoms. The molecule has 0 aromatic heterocycles. The summed E-state index contributed by atoms with van der Waals surface area (Å²) < 4.78 is 4.71. The van der Waals surface area contributed by atoms with Crippen molar-refractivity contribution < 1.29 is 29.0 Å². The number of primary amides is 1. The second-order valence-electron chi connectivity index (χ2n) is 5.03. The number of aromatic carboxylic acids is 1. The van der Waals surface area contributed by atoms with Gasteiger partial charge in [-0.25, -0.2) is 4.79 Å². The number of nitrogens with one attached hydrogen (secondary N) is 1. The first-order chi connectivity index (χ1) is 11.3. The zero-order valence-corrected chi connectivity index (χ0v) is 13.3. The molecule has 4 N–H and O–H groups in total. The summed E-state index contributed by atoms with van der Waals surface area (Å²) in [6, 6.07) is 4.95. The third-order valence-corrected chi connectivity index (χ3v) is 3.18. The Bertz CT molecular complexity index is 611. The van der Waals surface area contributed by atoms with Crippen molar-refractivity contribution >= 4 is 23.8 Å². The second kappa shape index (κ2) is 9.29. The number of carbonyl (C=O) groups excluding carboxylic acids is 3. The summed E-state index contributed by atoms with van der Waals surface area (Å²) in [6.45, 7) is 1.90. The Morgan fingerprint density at radius 2 is 1.79 bits per heavy atom. The van der Waals surface area contributed by atoms with E-state index in [1.165, 1.54) is 12.1 Å². The molecular weight excluding hydrogens is 316 g/mol. The Morgan fingerprint density at radius 3 is 2.29 bits per heavy atom. The summed E-state index contributed by atoms with van der Waals surface area (Å²) in [6.07, 6.45) is -0.0700. The van der Waals surface area contributed by atoms with Gasteiger partial charge in [0.2, 0.25) is 11.8 Å². The highest BCUT2D eigenvalue weighted by molar-refractivity contribution is 5.89. The zero-order valence-electron chi connectivity index (χ0n) is 13.3. The van der Waals surface area contributed by atoms with Crippen LogP contribution in [0.15, 0.2) is 24.3 Å². The van der Waals surface area contributed by atoms with Crippen LogP contribution in [0.5, 0.6) is 0 Å². The minimum atomic E-state index is -1.06. The van der Waals surface area contributed by atoms with Gasteiger partial charge in [0.15, 0.2) is 0 Å². The summed E-state index contributed by atoms with van der Waals surface area (Å²) in [5.41, 5.74) is 6.04. The van der Waals surface area contributed by atoms with Crippen LogP contribution in [0.2, 0.25) is 0 Å². The Hall–Kier alpha value is -2.90. The van der Waals surface area contributed by atoms with Crippen LogP contribution in [-0.2, 0) is 25.5 Å². The van der Waals surface area contributed by atoms with Gasteiger partial charge in [-0.15, -0.1) is 0 Å². The number of benzene rings is 1. The third kappa shape index (κ3) is 6.47. The molecule has 0 unspecified atom stereocenters. The maximum absolute atomic E-state index is 11.8. The van der Waals surface area contributed by atoms with E-state index in [4.69, 9.17) is 15.6 Å². The Balaban J connectivity index is 2.60. The molecule has 0 aliphatic carbocycles. The number of ether oxygens (including phenoxy) is 1. The van der Waals surface area contributed by atoms with Crippen molar-refractivity contribution in [1.29, 1.82) is 0 Å². The number of carboxylic acids is 1. The molecule has 0 heterocycles. The molecule has 130 valence electrons. The number of hydrogen-bond acceptors (Lipinski definition) is 5. The van der Waals surface area contributed by atoms with Crippen LogP contribution in [0.4, 0.5) is 0 Å². The monoisotopic (exact) mass is 336 g/mol. The van der Waals surface area contributed by atoms with Crippen molar-refractivity contribution in [3.8, 4) is 0 Å². The third-order valence-electron chi connectivity index (χ3n) is 3.18. The van der Waals surface area contributed by atoms with Crippen LogP contribution in [-0.4, -0.2) is 41.5 Å². The average Bonchev–Trinajstić information content (AvgIpc) is 2.53. The van der Waals surface area contributed by atoms with Crippen LogP contribution in [0.1, 0.15) is 35.7 Å². The highest BCUT2D eigenvalue weighted by Crippen LogP contribution is 2.08. The number of amides is 2. The first-order valence-corrected chi connectivity index (χ1v) is 7.40. The van der Waals surface area contributed by atoms with Crippen LogP contribution < -0.4 is 11.1 Å². The summed E-state index contributed by atoms with van der Waals surface area (Å²) in [4.78, 5) is 45.3. The second-order valence-corrected chi connectivity index (χ2v) is 5.03. The van der Waals surface area contributed by atoms with E-state index in [1.54, 1.807) is 19.1 Å². The minimum Gasteiger partial charge on any atom is -0.478 e. The van der Waals surface area contributed by atoms with Crippen LogP contribution >= 0.6 is 0 Å².